The Bertz CT molecular complexity index is 277. The maximum atomic E-state index is 11.5. The molecule has 1 heterocycles. The van der Waals surface area contributed by atoms with Gasteiger partial charge in [0.25, 0.3) is 0 Å². The molecule has 1 rings (SSSR count). The van der Waals surface area contributed by atoms with Crippen LogP contribution in [0.2, 0.25) is 0 Å². The van der Waals surface area contributed by atoms with Crippen LogP contribution in [0.3, 0.4) is 0 Å². The number of carbonyl (C=O) groups excluding carboxylic acids is 2. The highest BCUT2D eigenvalue weighted by Gasteiger charge is 2.24. The molecule has 2 N–H and O–H groups in total. The summed E-state index contributed by atoms with van der Waals surface area (Å²) in [5, 5.41) is 5.39. The summed E-state index contributed by atoms with van der Waals surface area (Å²) >= 11 is 0. The lowest BCUT2D eigenvalue weighted by molar-refractivity contribution is 0.0955. The highest BCUT2D eigenvalue weighted by atomic mass is 16.6. The molecule has 104 valence electrons. The third kappa shape index (κ3) is 4.79. The lowest BCUT2D eigenvalue weighted by Gasteiger charge is -2.31. The lowest BCUT2D eigenvalue weighted by Crippen LogP contribution is -2.49. The molecule has 3 amide bonds. The van der Waals surface area contributed by atoms with Crippen LogP contribution in [-0.4, -0.2) is 56.6 Å². The number of hydrogen-bond acceptors (Lipinski definition) is 4. The molecule has 0 atom stereocenters. The number of rotatable bonds is 4. The zero-order valence-corrected chi connectivity index (χ0v) is 10.9. The van der Waals surface area contributed by atoms with Crippen molar-refractivity contribution in [1.82, 2.24) is 15.5 Å². The zero-order chi connectivity index (χ0) is 13.4. The normalized spacial score (nSPS) is 16.2. The Morgan fingerprint density at radius 1 is 1.33 bits per heavy atom. The number of methoxy groups -OCH3 is 1. The summed E-state index contributed by atoms with van der Waals surface area (Å²) in [5.74, 6) is 0. The number of piperidine rings is 1. The van der Waals surface area contributed by atoms with Crippen molar-refractivity contribution in [3.8, 4) is 0 Å². The van der Waals surface area contributed by atoms with E-state index >= 15 is 0 Å². The van der Waals surface area contributed by atoms with Crippen molar-refractivity contribution in [3.05, 3.63) is 0 Å². The average molecular weight is 259 g/mol. The monoisotopic (exact) mass is 259 g/mol. The summed E-state index contributed by atoms with van der Waals surface area (Å²) < 4.78 is 9.66. The molecule has 0 aromatic heterocycles. The van der Waals surface area contributed by atoms with E-state index in [-0.39, 0.29) is 24.9 Å². The van der Waals surface area contributed by atoms with Gasteiger partial charge in [-0.05, 0) is 19.8 Å². The first kappa shape index (κ1) is 14.6. The van der Waals surface area contributed by atoms with Gasteiger partial charge in [-0.25, -0.2) is 9.59 Å². The van der Waals surface area contributed by atoms with Crippen molar-refractivity contribution < 1.29 is 19.1 Å². The van der Waals surface area contributed by atoms with E-state index in [4.69, 9.17) is 9.47 Å². The Hall–Kier alpha value is -1.50. The number of amides is 3. The standard InChI is InChI=1S/C11H21N3O4/c1-3-18-11(16)14-6-4-9(5-7-14)13-10(15)12-8-17-2/h9H,3-8H2,1-2H3,(H2,12,13,15). The fourth-order valence-electron chi connectivity index (χ4n) is 1.80. The predicted molar refractivity (Wildman–Crippen MR) is 65.2 cm³/mol. The minimum atomic E-state index is -0.278. The summed E-state index contributed by atoms with van der Waals surface area (Å²) in [6.07, 6.45) is 1.19. The molecule has 1 fully saturated rings. The van der Waals surface area contributed by atoms with Crippen molar-refractivity contribution in [2.45, 2.75) is 25.8 Å². The Labute approximate surface area is 107 Å². The minimum Gasteiger partial charge on any atom is -0.450 e. The molecule has 0 bridgehead atoms. The van der Waals surface area contributed by atoms with Crippen molar-refractivity contribution >= 4 is 12.1 Å². The molecule has 7 heteroatoms. The van der Waals surface area contributed by atoms with Gasteiger partial charge in [0.05, 0.1) is 6.61 Å². The van der Waals surface area contributed by atoms with Crippen LogP contribution in [0, 0.1) is 0 Å². The van der Waals surface area contributed by atoms with E-state index in [1.807, 2.05) is 0 Å². The number of hydrogen-bond donors (Lipinski definition) is 2. The summed E-state index contributed by atoms with van der Waals surface area (Å²) in [6.45, 7) is 3.57. The van der Waals surface area contributed by atoms with Gasteiger partial charge in [0.2, 0.25) is 0 Å². The predicted octanol–water partition coefficient (Wildman–Crippen LogP) is 0.510. The van der Waals surface area contributed by atoms with Crippen LogP contribution in [0.25, 0.3) is 0 Å². The molecule has 18 heavy (non-hydrogen) atoms. The Morgan fingerprint density at radius 3 is 2.56 bits per heavy atom. The van der Waals surface area contributed by atoms with Gasteiger partial charge in [-0.1, -0.05) is 0 Å². The van der Waals surface area contributed by atoms with Crippen LogP contribution >= 0.6 is 0 Å². The van der Waals surface area contributed by atoms with Gasteiger partial charge in [0.15, 0.2) is 0 Å². The fourth-order valence-corrected chi connectivity index (χ4v) is 1.80. The van der Waals surface area contributed by atoms with Crippen molar-refractivity contribution in [1.29, 1.82) is 0 Å². The van der Waals surface area contributed by atoms with E-state index in [0.29, 0.717) is 19.7 Å². The van der Waals surface area contributed by atoms with E-state index in [0.717, 1.165) is 12.8 Å². The van der Waals surface area contributed by atoms with Crippen LogP contribution in [0.15, 0.2) is 0 Å². The highest BCUT2D eigenvalue weighted by molar-refractivity contribution is 5.74. The van der Waals surface area contributed by atoms with Gasteiger partial charge < -0.3 is 25.0 Å². The van der Waals surface area contributed by atoms with Crippen LogP contribution < -0.4 is 10.6 Å². The Kier molecular flexibility index (Phi) is 6.27. The first-order valence-corrected chi connectivity index (χ1v) is 6.12. The molecule has 0 aliphatic carbocycles. The molecule has 1 aliphatic rings. The first-order valence-electron chi connectivity index (χ1n) is 6.12. The molecule has 0 spiro atoms. The second-order valence-corrected chi connectivity index (χ2v) is 4.04. The van der Waals surface area contributed by atoms with Crippen LogP contribution in [-0.2, 0) is 9.47 Å². The molecule has 0 radical (unpaired) electrons. The topological polar surface area (TPSA) is 79.9 Å². The van der Waals surface area contributed by atoms with Crippen LogP contribution in [0.4, 0.5) is 9.59 Å². The Balaban J connectivity index is 2.22. The second kappa shape index (κ2) is 7.75. The largest absolute Gasteiger partial charge is 0.450 e. The van der Waals surface area contributed by atoms with Crippen molar-refractivity contribution in [2.24, 2.45) is 0 Å². The molecule has 7 nitrogen and oxygen atoms in total. The van der Waals surface area contributed by atoms with Crippen LogP contribution in [0.1, 0.15) is 19.8 Å². The summed E-state index contributed by atoms with van der Waals surface area (Å²) in [5.41, 5.74) is 0. The van der Waals surface area contributed by atoms with E-state index in [9.17, 15) is 9.59 Å². The van der Waals surface area contributed by atoms with Gasteiger partial charge in [-0.2, -0.15) is 0 Å². The summed E-state index contributed by atoms with van der Waals surface area (Å²) in [4.78, 5) is 24.5. The zero-order valence-electron chi connectivity index (χ0n) is 10.9. The molecule has 1 aliphatic heterocycles. The van der Waals surface area contributed by atoms with Gasteiger partial charge in [-0.15, -0.1) is 0 Å². The van der Waals surface area contributed by atoms with Gasteiger partial charge in [-0.3, -0.25) is 0 Å². The minimum absolute atomic E-state index is 0.0903. The van der Waals surface area contributed by atoms with E-state index in [2.05, 4.69) is 10.6 Å². The molecule has 0 aromatic rings. The summed E-state index contributed by atoms with van der Waals surface area (Å²) in [7, 11) is 1.51. The molecular formula is C11H21N3O4. The smallest absolute Gasteiger partial charge is 0.409 e. The third-order valence-electron chi connectivity index (χ3n) is 2.73. The number of likely N-dealkylation sites (tertiary alicyclic amines) is 1. The van der Waals surface area contributed by atoms with Gasteiger partial charge in [0, 0.05) is 26.2 Å². The van der Waals surface area contributed by atoms with E-state index in [1.165, 1.54) is 7.11 Å². The summed E-state index contributed by atoms with van der Waals surface area (Å²) in [6, 6.07) is -0.154. The van der Waals surface area contributed by atoms with Gasteiger partial charge in [0.1, 0.15) is 6.73 Å². The van der Waals surface area contributed by atoms with E-state index < -0.39 is 0 Å². The molecule has 0 aromatic carbocycles. The molecular weight excluding hydrogens is 238 g/mol. The average Bonchev–Trinajstić information content (AvgIpc) is 2.37. The van der Waals surface area contributed by atoms with Crippen molar-refractivity contribution in [3.63, 3.8) is 0 Å². The number of nitrogens with one attached hydrogen (secondary N) is 2. The first-order chi connectivity index (χ1) is 8.67. The lowest BCUT2D eigenvalue weighted by atomic mass is 10.1. The maximum Gasteiger partial charge on any atom is 0.409 e. The number of carbonyl (C=O) groups is 2. The molecule has 0 saturated carbocycles. The SMILES string of the molecule is CCOC(=O)N1CCC(NC(=O)NCOC)CC1. The fraction of sp³-hybridized carbons (Fsp3) is 0.818. The number of urea groups is 1. The third-order valence-corrected chi connectivity index (χ3v) is 2.73. The highest BCUT2D eigenvalue weighted by Crippen LogP contribution is 2.11. The molecule has 1 saturated heterocycles. The number of nitrogens with zero attached hydrogens (tertiary/aromatic N) is 1. The quantitative estimate of drug-likeness (QED) is 0.721. The van der Waals surface area contributed by atoms with Gasteiger partial charge >= 0.3 is 12.1 Å². The van der Waals surface area contributed by atoms with E-state index in [1.54, 1.807) is 11.8 Å². The van der Waals surface area contributed by atoms with Crippen molar-refractivity contribution in [2.75, 3.05) is 33.5 Å². The Morgan fingerprint density at radius 2 is 2.00 bits per heavy atom. The molecule has 0 unspecified atom stereocenters. The van der Waals surface area contributed by atoms with Crippen LogP contribution in [0.5, 0.6) is 0 Å². The second-order valence-electron chi connectivity index (χ2n) is 4.04. The maximum absolute atomic E-state index is 11.5. The number of ether oxygens (including phenoxy) is 2.